The molecule has 0 amide bonds. The van der Waals surface area contributed by atoms with Gasteiger partial charge in [-0.05, 0) is 6.92 Å². The minimum Gasteiger partial charge on any atom is -0.119 e. The number of hydrogen-bond donors (Lipinski definition) is 0. The largest absolute Gasteiger partial charge is 0.119 e. The SMILES string of the molecule is CC(Cl)/C=C/P. The van der Waals surface area contributed by atoms with Gasteiger partial charge in [0.05, 0.1) is 0 Å². The quantitative estimate of drug-likeness (QED) is 0.369. The van der Waals surface area contributed by atoms with Crippen molar-refractivity contribution in [2.45, 2.75) is 12.3 Å². The maximum absolute atomic E-state index is 5.48. The van der Waals surface area contributed by atoms with Gasteiger partial charge >= 0.3 is 0 Å². The molecule has 0 spiro atoms. The van der Waals surface area contributed by atoms with Crippen LogP contribution < -0.4 is 0 Å². The van der Waals surface area contributed by atoms with Crippen LogP contribution in [0.5, 0.6) is 0 Å². The average Bonchev–Trinajstić information content (AvgIpc) is 1.35. The van der Waals surface area contributed by atoms with Gasteiger partial charge in [0.1, 0.15) is 0 Å². The number of allylic oxidation sites excluding steroid dienone is 1. The Morgan fingerprint density at radius 1 is 1.83 bits per heavy atom. The first-order chi connectivity index (χ1) is 2.77. The molecule has 0 aromatic carbocycles. The van der Waals surface area contributed by atoms with Crippen LogP contribution in [0.15, 0.2) is 11.9 Å². The van der Waals surface area contributed by atoms with Crippen molar-refractivity contribution < 1.29 is 0 Å². The van der Waals surface area contributed by atoms with Crippen molar-refractivity contribution in [1.29, 1.82) is 0 Å². The van der Waals surface area contributed by atoms with E-state index in [0.29, 0.717) is 0 Å². The Kier molecular flexibility index (Phi) is 3.92. The van der Waals surface area contributed by atoms with Crippen LogP contribution in [0.3, 0.4) is 0 Å². The molecule has 0 nitrogen and oxygen atoms in total. The van der Waals surface area contributed by atoms with Crippen LogP contribution in [-0.4, -0.2) is 5.38 Å². The summed E-state index contributed by atoms with van der Waals surface area (Å²) in [6.45, 7) is 1.92. The van der Waals surface area contributed by atoms with Gasteiger partial charge in [0.15, 0.2) is 0 Å². The molecular formula is C4H8ClP. The lowest BCUT2D eigenvalue weighted by Gasteiger charge is -1.83. The third-order valence-corrected chi connectivity index (χ3v) is 0.744. The summed E-state index contributed by atoms with van der Waals surface area (Å²) in [6.07, 6.45) is 1.90. The molecule has 0 rings (SSSR count). The third-order valence-electron chi connectivity index (χ3n) is 0.376. The normalized spacial score (nSPS) is 15.8. The summed E-state index contributed by atoms with van der Waals surface area (Å²) in [5, 5.41) is 0.169. The van der Waals surface area contributed by atoms with E-state index < -0.39 is 0 Å². The number of halogens is 1. The fourth-order valence-corrected chi connectivity index (χ4v) is 0.711. The molecule has 0 saturated heterocycles. The molecule has 0 aromatic rings. The predicted octanol–water partition coefficient (Wildman–Crippen LogP) is 2.00. The van der Waals surface area contributed by atoms with Crippen molar-refractivity contribution in [3.05, 3.63) is 11.9 Å². The molecule has 0 fully saturated rings. The van der Waals surface area contributed by atoms with Crippen LogP contribution in [0, 0.1) is 0 Å². The lowest BCUT2D eigenvalue weighted by Crippen LogP contribution is -1.76. The van der Waals surface area contributed by atoms with Gasteiger partial charge in [-0.2, -0.15) is 0 Å². The van der Waals surface area contributed by atoms with Crippen molar-refractivity contribution >= 4 is 20.8 Å². The minimum atomic E-state index is 0.169. The second-order valence-electron chi connectivity index (χ2n) is 1.06. The molecule has 2 heteroatoms. The summed E-state index contributed by atoms with van der Waals surface area (Å²) in [6, 6.07) is 0. The highest BCUT2D eigenvalue weighted by molar-refractivity contribution is 7.20. The predicted molar refractivity (Wildman–Crippen MR) is 34.2 cm³/mol. The van der Waals surface area contributed by atoms with E-state index in [2.05, 4.69) is 9.24 Å². The summed E-state index contributed by atoms with van der Waals surface area (Å²) in [7, 11) is 2.46. The van der Waals surface area contributed by atoms with E-state index in [1.165, 1.54) is 0 Å². The fraction of sp³-hybridized carbons (Fsp3) is 0.500. The summed E-state index contributed by atoms with van der Waals surface area (Å²) in [5.74, 6) is 1.86. The van der Waals surface area contributed by atoms with E-state index in [0.717, 1.165) is 0 Å². The van der Waals surface area contributed by atoms with E-state index in [4.69, 9.17) is 11.6 Å². The standard InChI is InChI=1S/C4H8ClP/c1-4(5)2-3-6/h2-4H,6H2,1H3/b3-2+. The second-order valence-corrected chi connectivity index (χ2v) is 2.14. The average molecular weight is 123 g/mol. The van der Waals surface area contributed by atoms with Crippen LogP contribution in [0.2, 0.25) is 0 Å². The van der Waals surface area contributed by atoms with Gasteiger partial charge in [-0.15, -0.1) is 20.8 Å². The molecule has 0 bridgehead atoms. The number of hydrogen-bond acceptors (Lipinski definition) is 0. The Hall–Kier alpha value is 0.460. The first kappa shape index (κ1) is 6.46. The summed E-state index contributed by atoms with van der Waals surface area (Å²) in [4.78, 5) is 0. The zero-order valence-corrected chi connectivity index (χ0v) is 5.60. The van der Waals surface area contributed by atoms with Gasteiger partial charge in [0.2, 0.25) is 0 Å². The maximum atomic E-state index is 5.48. The zero-order chi connectivity index (χ0) is 4.99. The van der Waals surface area contributed by atoms with E-state index >= 15 is 0 Å². The molecule has 0 aromatic heterocycles. The molecular weight excluding hydrogens is 114 g/mol. The minimum absolute atomic E-state index is 0.169. The van der Waals surface area contributed by atoms with Crippen molar-refractivity contribution in [3.63, 3.8) is 0 Å². The van der Waals surface area contributed by atoms with Crippen LogP contribution in [0.4, 0.5) is 0 Å². The smallest absolute Gasteiger partial charge is 0.0491 e. The van der Waals surface area contributed by atoms with Gasteiger partial charge in [0, 0.05) is 5.38 Å². The Morgan fingerprint density at radius 3 is 2.33 bits per heavy atom. The number of alkyl halides is 1. The van der Waals surface area contributed by atoms with E-state index in [9.17, 15) is 0 Å². The van der Waals surface area contributed by atoms with Crippen LogP contribution in [-0.2, 0) is 0 Å². The van der Waals surface area contributed by atoms with E-state index in [1.54, 1.807) is 0 Å². The van der Waals surface area contributed by atoms with E-state index in [1.807, 2.05) is 18.8 Å². The third kappa shape index (κ3) is 4.46. The van der Waals surface area contributed by atoms with Gasteiger partial charge < -0.3 is 0 Å². The van der Waals surface area contributed by atoms with Gasteiger partial charge in [-0.3, -0.25) is 0 Å². The molecule has 0 N–H and O–H groups in total. The van der Waals surface area contributed by atoms with E-state index in [-0.39, 0.29) is 5.38 Å². The molecule has 2 atom stereocenters. The molecule has 0 aliphatic heterocycles. The molecule has 0 aliphatic rings. The molecule has 0 aliphatic carbocycles. The topological polar surface area (TPSA) is 0 Å². The molecule has 0 radical (unpaired) electrons. The monoisotopic (exact) mass is 122 g/mol. The Morgan fingerprint density at radius 2 is 2.33 bits per heavy atom. The second kappa shape index (κ2) is 3.64. The Balaban J connectivity index is 3.03. The molecule has 0 heterocycles. The molecule has 2 unspecified atom stereocenters. The summed E-state index contributed by atoms with van der Waals surface area (Å²) >= 11 is 5.48. The van der Waals surface area contributed by atoms with Crippen LogP contribution >= 0.6 is 20.8 Å². The maximum Gasteiger partial charge on any atom is 0.0491 e. The highest BCUT2D eigenvalue weighted by atomic mass is 35.5. The Labute approximate surface area is 45.8 Å². The van der Waals surface area contributed by atoms with Crippen LogP contribution in [0.1, 0.15) is 6.92 Å². The van der Waals surface area contributed by atoms with Crippen molar-refractivity contribution in [2.24, 2.45) is 0 Å². The first-order valence-electron chi connectivity index (χ1n) is 1.80. The van der Waals surface area contributed by atoms with Gasteiger partial charge in [-0.1, -0.05) is 11.9 Å². The van der Waals surface area contributed by atoms with Gasteiger partial charge in [-0.25, -0.2) is 0 Å². The first-order valence-corrected chi connectivity index (χ1v) is 2.90. The molecule has 6 heavy (non-hydrogen) atoms. The number of rotatable bonds is 1. The zero-order valence-electron chi connectivity index (χ0n) is 3.69. The highest BCUT2D eigenvalue weighted by Crippen LogP contribution is 1.96. The van der Waals surface area contributed by atoms with Crippen LogP contribution in [0.25, 0.3) is 0 Å². The fourth-order valence-electron chi connectivity index (χ4n) is 0.153. The summed E-state index contributed by atoms with van der Waals surface area (Å²) in [5.41, 5.74) is 0. The lowest BCUT2D eigenvalue weighted by atomic mass is 10.5. The van der Waals surface area contributed by atoms with Crippen molar-refractivity contribution in [3.8, 4) is 0 Å². The van der Waals surface area contributed by atoms with Crippen molar-refractivity contribution in [1.82, 2.24) is 0 Å². The highest BCUT2D eigenvalue weighted by Gasteiger charge is 1.79. The lowest BCUT2D eigenvalue weighted by molar-refractivity contribution is 1.24. The van der Waals surface area contributed by atoms with Gasteiger partial charge in [0.25, 0.3) is 0 Å². The van der Waals surface area contributed by atoms with Crippen molar-refractivity contribution in [2.75, 3.05) is 0 Å². The molecule has 0 saturated carbocycles. The summed E-state index contributed by atoms with van der Waals surface area (Å²) < 4.78 is 0. The Bertz CT molecular complexity index is 49.5. The molecule has 36 valence electrons.